The van der Waals surface area contributed by atoms with Crippen LogP contribution in [0.5, 0.6) is 5.75 Å². The Kier molecular flexibility index (Phi) is 3.88. The van der Waals surface area contributed by atoms with Crippen molar-refractivity contribution in [3.05, 3.63) is 66.0 Å². The van der Waals surface area contributed by atoms with Crippen molar-refractivity contribution in [2.75, 3.05) is 7.11 Å². The van der Waals surface area contributed by atoms with Gasteiger partial charge in [-0.05, 0) is 42.7 Å². The summed E-state index contributed by atoms with van der Waals surface area (Å²) in [6.07, 6.45) is 4.60. The lowest BCUT2D eigenvalue weighted by molar-refractivity contribution is 0.169. The van der Waals surface area contributed by atoms with E-state index < -0.39 is 6.10 Å². The lowest BCUT2D eigenvalue weighted by Crippen LogP contribution is -1.99. The Hall–Kier alpha value is -2.33. The molecule has 0 radical (unpaired) electrons. The molecular formula is C17H18N2O2. The van der Waals surface area contributed by atoms with Gasteiger partial charge >= 0.3 is 0 Å². The van der Waals surface area contributed by atoms with Crippen LogP contribution in [-0.4, -0.2) is 21.8 Å². The van der Waals surface area contributed by atoms with Crippen LogP contribution in [0.25, 0.3) is 5.52 Å². The van der Waals surface area contributed by atoms with Gasteiger partial charge in [-0.2, -0.15) is 5.10 Å². The molecule has 3 aromatic rings. The molecule has 0 spiro atoms. The second-order valence-electron chi connectivity index (χ2n) is 5.03. The van der Waals surface area contributed by atoms with E-state index in [1.807, 2.05) is 48.7 Å². The number of pyridine rings is 1. The molecule has 1 N–H and O–H groups in total. The van der Waals surface area contributed by atoms with Crippen LogP contribution in [0.3, 0.4) is 0 Å². The predicted octanol–water partition coefficient (Wildman–Crippen LogP) is 3.01. The Bertz CT molecular complexity index is 719. The number of hydrogen-bond donors (Lipinski definition) is 1. The van der Waals surface area contributed by atoms with Gasteiger partial charge in [0.2, 0.25) is 0 Å². The number of aliphatic hydroxyl groups excluding tert-OH is 1. The summed E-state index contributed by atoms with van der Waals surface area (Å²) in [4.78, 5) is 0. The lowest BCUT2D eigenvalue weighted by atomic mass is 10.0. The Labute approximate surface area is 123 Å². The fourth-order valence-corrected chi connectivity index (χ4v) is 2.46. The molecule has 2 aromatic heterocycles. The second kappa shape index (κ2) is 5.97. The summed E-state index contributed by atoms with van der Waals surface area (Å²) in [6, 6.07) is 13.8. The largest absolute Gasteiger partial charge is 0.497 e. The molecule has 4 heteroatoms. The average Bonchev–Trinajstić information content (AvgIpc) is 2.97. The van der Waals surface area contributed by atoms with Crippen LogP contribution in [0, 0.1) is 0 Å². The van der Waals surface area contributed by atoms with E-state index in [0.29, 0.717) is 6.42 Å². The first-order valence-electron chi connectivity index (χ1n) is 7.01. The minimum Gasteiger partial charge on any atom is -0.497 e. The highest BCUT2D eigenvalue weighted by Crippen LogP contribution is 2.23. The monoisotopic (exact) mass is 282 g/mol. The number of methoxy groups -OCH3 is 1. The number of fused-ring (bicyclic) bond motifs is 1. The number of nitrogens with zero attached hydrogens (tertiary/aromatic N) is 2. The summed E-state index contributed by atoms with van der Waals surface area (Å²) in [6.45, 7) is 0. The predicted molar refractivity (Wildman–Crippen MR) is 81.5 cm³/mol. The van der Waals surface area contributed by atoms with Gasteiger partial charge in [-0.1, -0.05) is 18.2 Å². The molecule has 0 fully saturated rings. The second-order valence-corrected chi connectivity index (χ2v) is 5.03. The number of aromatic nitrogens is 2. The Morgan fingerprint density at radius 1 is 1.19 bits per heavy atom. The van der Waals surface area contributed by atoms with Gasteiger partial charge < -0.3 is 9.84 Å². The zero-order chi connectivity index (χ0) is 14.7. The van der Waals surface area contributed by atoms with Crippen molar-refractivity contribution < 1.29 is 9.84 Å². The molecule has 108 valence electrons. The number of aliphatic hydroxyl groups is 1. The van der Waals surface area contributed by atoms with E-state index in [0.717, 1.165) is 23.3 Å². The van der Waals surface area contributed by atoms with E-state index in [9.17, 15) is 5.11 Å². The van der Waals surface area contributed by atoms with Crippen molar-refractivity contribution >= 4 is 5.52 Å². The van der Waals surface area contributed by atoms with Crippen molar-refractivity contribution in [2.24, 2.45) is 0 Å². The van der Waals surface area contributed by atoms with Gasteiger partial charge in [-0.25, -0.2) is 4.52 Å². The molecule has 0 bridgehead atoms. The highest BCUT2D eigenvalue weighted by atomic mass is 16.5. The molecule has 0 aliphatic carbocycles. The minimum absolute atomic E-state index is 0.507. The van der Waals surface area contributed by atoms with Gasteiger partial charge in [0.15, 0.2) is 0 Å². The van der Waals surface area contributed by atoms with Gasteiger partial charge in [0.1, 0.15) is 5.75 Å². The van der Waals surface area contributed by atoms with Crippen LogP contribution >= 0.6 is 0 Å². The van der Waals surface area contributed by atoms with E-state index in [-0.39, 0.29) is 0 Å². The molecular weight excluding hydrogens is 264 g/mol. The summed E-state index contributed by atoms with van der Waals surface area (Å²) >= 11 is 0. The van der Waals surface area contributed by atoms with Crippen molar-refractivity contribution in [3.63, 3.8) is 0 Å². The highest BCUT2D eigenvalue weighted by Gasteiger charge is 2.13. The van der Waals surface area contributed by atoms with E-state index in [1.54, 1.807) is 17.8 Å². The lowest BCUT2D eigenvalue weighted by Gasteiger charge is -2.09. The van der Waals surface area contributed by atoms with Gasteiger partial charge in [-0.3, -0.25) is 0 Å². The quantitative estimate of drug-likeness (QED) is 0.782. The summed E-state index contributed by atoms with van der Waals surface area (Å²) in [5.41, 5.74) is 3.02. The Balaban J connectivity index is 1.69. The third-order valence-corrected chi connectivity index (χ3v) is 3.68. The van der Waals surface area contributed by atoms with Crippen LogP contribution in [0.15, 0.2) is 54.9 Å². The van der Waals surface area contributed by atoms with E-state index in [4.69, 9.17) is 4.74 Å². The third-order valence-electron chi connectivity index (χ3n) is 3.68. The van der Waals surface area contributed by atoms with Crippen molar-refractivity contribution in [1.29, 1.82) is 0 Å². The van der Waals surface area contributed by atoms with Crippen molar-refractivity contribution in [2.45, 2.75) is 18.9 Å². The fraction of sp³-hybridized carbons (Fsp3) is 0.235. The summed E-state index contributed by atoms with van der Waals surface area (Å²) in [7, 11) is 1.66. The zero-order valence-electron chi connectivity index (χ0n) is 11.9. The average molecular weight is 282 g/mol. The number of aryl methyl sites for hydroxylation is 1. The molecule has 0 amide bonds. The topological polar surface area (TPSA) is 46.8 Å². The molecule has 3 rings (SSSR count). The molecule has 0 aliphatic heterocycles. The standard InChI is InChI=1S/C17H18N2O2/c1-21-14-8-5-13(6-9-14)7-10-17(20)15-12-18-19-11-3-2-4-16(15)19/h2-6,8-9,11-12,17,20H,7,10H2,1H3. The number of benzene rings is 1. The maximum absolute atomic E-state index is 10.4. The normalized spacial score (nSPS) is 12.5. The minimum atomic E-state index is -0.507. The maximum Gasteiger partial charge on any atom is 0.118 e. The van der Waals surface area contributed by atoms with E-state index >= 15 is 0 Å². The zero-order valence-corrected chi connectivity index (χ0v) is 11.9. The summed E-state index contributed by atoms with van der Waals surface area (Å²) < 4.78 is 6.93. The Morgan fingerprint density at radius 3 is 2.76 bits per heavy atom. The first-order valence-corrected chi connectivity index (χ1v) is 7.01. The molecule has 0 saturated heterocycles. The number of hydrogen-bond acceptors (Lipinski definition) is 3. The molecule has 0 saturated carbocycles. The van der Waals surface area contributed by atoms with E-state index in [2.05, 4.69) is 5.10 Å². The Morgan fingerprint density at radius 2 is 2.00 bits per heavy atom. The van der Waals surface area contributed by atoms with Crippen molar-refractivity contribution in [3.8, 4) is 5.75 Å². The van der Waals surface area contributed by atoms with Crippen LogP contribution in [0.1, 0.15) is 23.7 Å². The van der Waals surface area contributed by atoms with E-state index in [1.165, 1.54) is 5.56 Å². The van der Waals surface area contributed by atoms with Gasteiger partial charge in [-0.15, -0.1) is 0 Å². The molecule has 1 unspecified atom stereocenters. The fourth-order valence-electron chi connectivity index (χ4n) is 2.46. The van der Waals surface area contributed by atoms with Crippen LogP contribution in [0.2, 0.25) is 0 Å². The number of rotatable bonds is 5. The smallest absolute Gasteiger partial charge is 0.118 e. The molecule has 0 aliphatic rings. The summed E-state index contributed by atoms with van der Waals surface area (Å²) in [5.74, 6) is 0.849. The first kappa shape index (κ1) is 13.6. The van der Waals surface area contributed by atoms with Crippen LogP contribution < -0.4 is 4.74 Å². The van der Waals surface area contributed by atoms with Crippen LogP contribution in [-0.2, 0) is 6.42 Å². The van der Waals surface area contributed by atoms with Crippen LogP contribution in [0.4, 0.5) is 0 Å². The summed E-state index contributed by atoms with van der Waals surface area (Å²) in [5, 5.41) is 14.6. The highest BCUT2D eigenvalue weighted by molar-refractivity contribution is 5.54. The maximum atomic E-state index is 10.4. The molecule has 1 atom stereocenters. The van der Waals surface area contributed by atoms with Gasteiger partial charge in [0.05, 0.1) is 24.9 Å². The first-order chi connectivity index (χ1) is 10.3. The molecule has 1 aromatic carbocycles. The third kappa shape index (κ3) is 2.90. The van der Waals surface area contributed by atoms with Crippen molar-refractivity contribution in [1.82, 2.24) is 9.61 Å². The number of ether oxygens (including phenoxy) is 1. The SMILES string of the molecule is COc1ccc(CCC(O)c2cnn3ccccc23)cc1. The molecule has 2 heterocycles. The molecule has 21 heavy (non-hydrogen) atoms. The van der Waals surface area contributed by atoms with Gasteiger partial charge in [0, 0.05) is 11.8 Å². The molecule has 4 nitrogen and oxygen atoms in total. The van der Waals surface area contributed by atoms with Gasteiger partial charge in [0.25, 0.3) is 0 Å².